The van der Waals surface area contributed by atoms with Gasteiger partial charge in [-0.3, -0.25) is 9.89 Å². The molecule has 0 aliphatic carbocycles. The molecule has 0 unspecified atom stereocenters. The lowest BCUT2D eigenvalue weighted by Crippen LogP contribution is -2.14. The molecule has 112 valence electrons. The summed E-state index contributed by atoms with van der Waals surface area (Å²) in [4.78, 5) is 12.2. The minimum absolute atomic E-state index is 0.260. The summed E-state index contributed by atoms with van der Waals surface area (Å²) in [5.74, 6) is -0.283. The van der Waals surface area contributed by atoms with Crippen molar-refractivity contribution in [1.29, 1.82) is 0 Å². The summed E-state index contributed by atoms with van der Waals surface area (Å²) in [5, 5.41) is 9.67. The largest absolute Gasteiger partial charge is 0.395 e. The van der Waals surface area contributed by atoms with Gasteiger partial charge < -0.3 is 11.1 Å². The number of carbonyl (C=O) groups is 1. The highest BCUT2D eigenvalue weighted by atomic mass is 16.2. The highest BCUT2D eigenvalue weighted by Gasteiger charge is 2.16. The zero-order valence-corrected chi connectivity index (χ0v) is 12.6. The number of nitrogens with one attached hydrogen (secondary N) is 2. The van der Waals surface area contributed by atoms with Crippen LogP contribution in [0, 0.1) is 0 Å². The molecule has 1 heterocycles. The molecule has 1 aromatic carbocycles. The van der Waals surface area contributed by atoms with E-state index in [0.29, 0.717) is 5.69 Å². The molecule has 5 nitrogen and oxygen atoms in total. The van der Waals surface area contributed by atoms with Gasteiger partial charge >= 0.3 is 0 Å². The van der Waals surface area contributed by atoms with Crippen molar-refractivity contribution in [2.45, 2.75) is 39.5 Å². The number of carbonyl (C=O) groups excluding carboxylic acids is 1. The van der Waals surface area contributed by atoms with Gasteiger partial charge in [-0.2, -0.15) is 5.10 Å². The van der Waals surface area contributed by atoms with E-state index in [2.05, 4.69) is 29.4 Å². The predicted molar refractivity (Wildman–Crippen MR) is 85.4 cm³/mol. The fourth-order valence-corrected chi connectivity index (χ4v) is 2.23. The maximum atomic E-state index is 12.2. The SMILES string of the molecule is CCCc1ccc(NC(=O)c2n[nH]c(CCC)c2N)cc1. The van der Waals surface area contributed by atoms with Crippen LogP contribution in [0.1, 0.15) is 48.4 Å². The van der Waals surface area contributed by atoms with Crippen LogP contribution >= 0.6 is 0 Å². The fourth-order valence-electron chi connectivity index (χ4n) is 2.23. The molecular formula is C16H22N4O. The first kappa shape index (κ1) is 15.1. The Bertz CT molecular complexity index is 601. The number of nitrogens with two attached hydrogens (primary N) is 1. The normalized spacial score (nSPS) is 10.6. The lowest BCUT2D eigenvalue weighted by molar-refractivity contribution is 0.102. The van der Waals surface area contributed by atoms with Gasteiger partial charge in [-0.25, -0.2) is 0 Å². The number of hydrogen-bond donors (Lipinski definition) is 3. The van der Waals surface area contributed by atoms with Gasteiger partial charge in [0.1, 0.15) is 0 Å². The van der Waals surface area contributed by atoms with Crippen molar-refractivity contribution in [3.63, 3.8) is 0 Å². The Kier molecular flexibility index (Phi) is 4.98. The van der Waals surface area contributed by atoms with Crippen LogP contribution in [0.3, 0.4) is 0 Å². The Morgan fingerprint density at radius 2 is 1.86 bits per heavy atom. The van der Waals surface area contributed by atoms with Gasteiger partial charge in [0.2, 0.25) is 0 Å². The van der Waals surface area contributed by atoms with Crippen LogP contribution in [0.15, 0.2) is 24.3 Å². The second-order valence-electron chi connectivity index (χ2n) is 5.12. The van der Waals surface area contributed by atoms with Crippen molar-refractivity contribution in [3.8, 4) is 0 Å². The first-order valence-corrected chi connectivity index (χ1v) is 7.38. The number of H-pyrrole nitrogens is 1. The van der Waals surface area contributed by atoms with E-state index in [1.165, 1.54) is 5.56 Å². The number of anilines is 2. The number of nitrogens with zero attached hydrogens (tertiary/aromatic N) is 1. The molecule has 4 N–H and O–H groups in total. The van der Waals surface area contributed by atoms with Gasteiger partial charge in [-0.15, -0.1) is 0 Å². The van der Waals surface area contributed by atoms with Crippen LogP contribution in [0.2, 0.25) is 0 Å². The number of aromatic nitrogens is 2. The molecule has 2 rings (SSSR count). The lowest BCUT2D eigenvalue weighted by atomic mass is 10.1. The molecule has 0 saturated heterocycles. The quantitative estimate of drug-likeness (QED) is 0.762. The van der Waals surface area contributed by atoms with E-state index in [9.17, 15) is 4.79 Å². The van der Waals surface area contributed by atoms with Crippen molar-refractivity contribution in [2.75, 3.05) is 11.1 Å². The molecule has 0 atom stereocenters. The Balaban J connectivity index is 2.07. The van der Waals surface area contributed by atoms with Gasteiger partial charge in [0.15, 0.2) is 5.69 Å². The third-order valence-corrected chi connectivity index (χ3v) is 3.35. The van der Waals surface area contributed by atoms with E-state index in [1.54, 1.807) is 0 Å². The zero-order valence-electron chi connectivity index (χ0n) is 12.6. The van der Waals surface area contributed by atoms with Gasteiger partial charge in [0.05, 0.1) is 11.4 Å². The van der Waals surface area contributed by atoms with Gasteiger partial charge in [-0.1, -0.05) is 38.8 Å². The van der Waals surface area contributed by atoms with Crippen molar-refractivity contribution in [3.05, 3.63) is 41.2 Å². The molecule has 0 fully saturated rings. The summed E-state index contributed by atoms with van der Waals surface area (Å²) in [5.41, 5.74) is 9.49. The zero-order chi connectivity index (χ0) is 15.2. The van der Waals surface area contributed by atoms with E-state index >= 15 is 0 Å². The number of hydrogen-bond acceptors (Lipinski definition) is 3. The maximum Gasteiger partial charge on any atom is 0.278 e. The van der Waals surface area contributed by atoms with Crippen LogP contribution in [-0.4, -0.2) is 16.1 Å². The predicted octanol–water partition coefficient (Wildman–Crippen LogP) is 3.15. The Morgan fingerprint density at radius 3 is 2.48 bits per heavy atom. The summed E-state index contributed by atoms with van der Waals surface area (Å²) in [6.45, 7) is 4.20. The molecule has 1 amide bonds. The van der Waals surface area contributed by atoms with Gasteiger partial charge in [0.25, 0.3) is 5.91 Å². The molecule has 0 spiro atoms. The molecule has 0 radical (unpaired) electrons. The second-order valence-corrected chi connectivity index (χ2v) is 5.12. The molecule has 5 heteroatoms. The average molecular weight is 286 g/mol. The van der Waals surface area contributed by atoms with Gasteiger partial charge in [0, 0.05) is 5.69 Å². The maximum absolute atomic E-state index is 12.2. The molecule has 0 bridgehead atoms. The number of nitrogen functional groups attached to an aromatic ring is 1. The standard InChI is InChI=1S/C16H22N4O/c1-3-5-11-7-9-12(10-8-11)18-16(21)15-14(17)13(6-4-2)19-20-15/h7-10H,3-6,17H2,1-2H3,(H,18,21)(H,19,20). The molecule has 0 saturated carbocycles. The third-order valence-electron chi connectivity index (χ3n) is 3.35. The van der Waals surface area contributed by atoms with Crippen LogP contribution < -0.4 is 11.1 Å². The summed E-state index contributed by atoms with van der Waals surface area (Å²) in [7, 11) is 0. The summed E-state index contributed by atoms with van der Waals surface area (Å²) >= 11 is 0. The van der Waals surface area contributed by atoms with Gasteiger partial charge in [-0.05, 0) is 30.5 Å². The average Bonchev–Trinajstić information content (AvgIpc) is 2.83. The third kappa shape index (κ3) is 3.62. The van der Waals surface area contributed by atoms with Crippen LogP contribution in [-0.2, 0) is 12.8 Å². The minimum Gasteiger partial charge on any atom is -0.395 e. The van der Waals surface area contributed by atoms with Crippen LogP contribution in [0.25, 0.3) is 0 Å². The first-order chi connectivity index (χ1) is 10.2. The monoisotopic (exact) mass is 286 g/mol. The topological polar surface area (TPSA) is 83.8 Å². The van der Waals surface area contributed by atoms with E-state index in [0.717, 1.165) is 37.1 Å². The molecular weight excluding hydrogens is 264 g/mol. The van der Waals surface area contributed by atoms with Crippen LogP contribution in [0.4, 0.5) is 11.4 Å². The molecule has 21 heavy (non-hydrogen) atoms. The van der Waals surface area contributed by atoms with Crippen molar-refractivity contribution >= 4 is 17.3 Å². The molecule has 1 aromatic heterocycles. The van der Waals surface area contributed by atoms with Crippen LogP contribution in [0.5, 0.6) is 0 Å². The number of benzene rings is 1. The smallest absolute Gasteiger partial charge is 0.278 e. The number of aromatic amines is 1. The number of amides is 1. The highest BCUT2D eigenvalue weighted by molar-refractivity contribution is 6.06. The molecule has 0 aliphatic heterocycles. The summed E-state index contributed by atoms with van der Waals surface area (Å²) < 4.78 is 0. The Hall–Kier alpha value is -2.30. The van der Waals surface area contributed by atoms with Crippen molar-refractivity contribution < 1.29 is 4.79 Å². The van der Waals surface area contributed by atoms with Crippen molar-refractivity contribution in [2.24, 2.45) is 0 Å². The lowest BCUT2D eigenvalue weighted by Gasteiger charge is -2.05. The first-order valence-electron chi connectivity index (χ1n) is 7.38. The minimum atomic E-state index is -0.283. The number of aryl methyl sites for hydroxylation is 2. The van der Waals surface area contributed by atoms with E-state index in [4.69, 9.17) is 5.73 Å². The van der Waals surface area contributed by atoms with E-state index in [1.807, 2.05) is 24.3 Å². The summed E-state index contributed by atoms with van der Waals surface area (Å²) in [6, 6.07) is 7.85. The van der Waals surface area contributed by atoms with Crippen molar-refractivity contribution in [1.82, 2.24) is 10.2 Å². The summed E-state index contributed by atoms with van der Waals surface area (Å²) in [6.07, 6.45) is 3.89. The molecule has 2 aromatic rings. The highest BCUT2D eigenvalue weighted by Crippen LogP contribution is 2.18. The van der Waals surface area contributed by atoms with E-state index < -0.39 is 0 Å². The van der Waals surface area contributed by atoms with E-state index in [-0.39, 0.29) is 11.6 Å². The molecule has 0 aliphatic rings. The Morgan fingerprint density at radius 1 is 1.19 bits per heavy atom. The fraction of sp³-hybridized carbons (Fsp3) is 0.375. The number of rotatable bonds is 6. The Labute approximate surface area is 124 Å². The second kappa shape index (κ2) is 6.92.